The summed E-state index contributed by atoms with van der Waals surface area (Å²) < 4.78 is 33.1. The van der Waals surface area contributed by atoms with Crippen LogP contribution in [0.25, 0.3) is 0 Å². The van der Waals surface area contributed by atoms with E-state index in [1.54, 1.807) is 36.4 Å². The van der Waals surface area contributed by atoms with Gasteiger partial charge in [0.15, 0.2) is 0 Å². The number of carbonyl (C=O) groups is 6. The zero-order chi connectivity index (χ0) is 48.2. The van der Waals surface area contributed by atoms with Gasteiger partial charge in [-0.25, -0.2) is 28.8 Å². The van der Waals surface area contributed by atoms with Gasteiger partial charge in [0.1, 0.15) is 11.1 Å². The predicted molar refractivity (Wildman–Crippen MR) is 247 cm³/mol. The maximum Gasteiger partial charge on any atom is 0.348 e. The first-order chi connectivity index (χ1) is 32.5. The molecule has 0 amide bonds. The number of para-hydroxylation sites is 2. The van der Waals surface area contributed by atoms with E-state index >= 15 is 0 Å². The van der Waals surface area contributed by atoms with Gasteiger partial charge in [0.25, 0.3) is 11.6 Å². The second-order valence-electron chi connectivity index (χ2n) is 18.5. The second-order valence-corrected chi connectivity index (χ2v) is 18.5. The van der Waals surface area contributed by atoms with Crippen LogP contribution in [0.15, 0.2) is 144 Å². The lowest BCUT2D eigenvalue weighted by molar-refractivity contribution is -0.291. The number of ether oxygens (including phenoxy) is 6. The molecule has 4 aromatic carbocycles. The summed E-state index contributed by atoms with van der Waals surface area (Å²) in [6.07, 6.45) is 5.94. The number of nitrogens with zero attached hydrogens (tertiary/aromatic N) is 2. The first-order valence-electron chi connectivity index (χ1n) is 22.3. The maximum absolute atomic E-state index is 13.7. The van der Waals surface area contributed by atoms with E-state index in [0.717, 1.165) is 45.0 Å². The molecule has 348 valence electrons. The number of anilines is 2. The molecule has 5 aliphatic rings. The molecule has 2 spiro atoms. The van der Waals surface area contributed by atoms with Gasteiger partial charge >= 0.3 is 35.8 Å². The Labute approximate surface area is 393 Å². The van der Waals surface area contributed by atoms with E-state index in [1.165, 1.54) is 26.4 Å². The standard InChI is InChI=1S/C54H50N2O12/c1-51(2)39-11-7-9-13-41(39)55(31-33-15-19-35(20-16-33)45(57)63-5)43(51)25-23-37-47(59)65-53(66-48(37)60)27-29-54(30-28-53)67-49(61)38(50(62)68-54)24-26-44-52(3,4)40-12-8-10-14-42(40)56(44)32-34-17-21-36(22-18-34)46(58)64-6/h7-26H,27-32H2,1-6H3/b37-23?,38-24?,43-25-,44-26+. The number of rotatable bonds is 8. The van der Waals surface area contributed by atoms with Crippen LogP contribution in [-0.4, -0.2) is 61.6 Å². The highest BCUT2D eigenvalue weighted by Crippen LogP contribution is 2.51. The SMILES string of the molecule is COC(=O)c1ccc(CN2/C(=C\C=C3C(=O)OC4(CCC5(CC4)OC(=O)C(=C/C=C4/N(Cc6ccc(C(=O)OC)cc6)c6ccccc6C4(C)C)C(=O)O5)OC3=O)C(C)(C)c3ccccc32)cc1. The molecule has 0 bridgehead atoms. The number of esters is 6. The van der Waals surface area contributed by atoms with Crippen LogP contribution in [0.5, 0.6) is 0 Å². The number of allylic oxidation sites excluding steroid dienone is 6. The van der Waals surface area contributed by atoms with Crippen LogP contribution in [0, 0.1) is 0 Å². The monoisotopic (exact) mass is 918 g/mol. The van der Waals surface area contributed by atoms with Crippen molar-refractivity contribution in [2.45, 2.75) is 88.9 Å². The van der Waals surface area contributed by atoms with E-state index in [4.69, 9.17) is 28.4 Å². The molecule has 0 radical (unpaired) electrons. The van der Waals surface area contributed by atoms with Gasteiger partial charge in [0.05, 0.1) is 25.3 Å². The van der Waals surface area contributed by atoms with E-state index < -0.39 is 58.2 Å². The average Bonchev–Trinajstić information content (AvgIpc) is 3.67. The molecule has 4 heterocycles. The number of hydrogen-bond donors (Lipinski definition) is 0. The first kappa shape index (κ1) is 45.4. The molecule has 0 atom stereocenters. The fourth-order valence-corrected chi connectivity index (χ4v) is 9.84. The summed E-state index contributed by atoms with van der Waals surface area (Å²) >= 11 is 0. The predicted octanol–water partition coefficient (Wildman–Crippen LogP) is 8.34. The Morgan fingerprint density at radius 1 is 0.500 bits per heavy atom. The maximum atomic E-state index is 13.7. The Morgan fingerprint density at radius 2 is 0.824 bits per heavy atom. The summed E-state index contributed by atoms with van der Waals surface area (Å²) in [6.45, 7) is 9.10. The number of methoxy groups -OCH3 is 2. The van der Waals surface area contributed by atoms with Crippen LogP contribution in [0.2, 0.25) is 0 Å². The van der Waals surface area contributed by atoms with Crippen molar-refractivity contribution < 1.29 is 57.2 Å². The van der Waals surface area contributed by atoms with E-state index in [9.17, 15) is 28.8 Å². The van der Waals surface area contributed by atoms with Crippen LogP contribution in [-0.2, 0) is 71.5 Å². The smallest absolute Gasteiger partial charge is 0.348 e. The third-order valence-electron chi connectivity index (χ3n) is 13.6. The zero-order valence-corrected chi connectivity index (χ0v) is 38.6. The van der Waals surface area contributed by atoms with Gasteiger partial charge < -0.3 is 38.2 Å². The van der Waals surface area contributed by atoms with Crippen molar-refractivity contribution in [3.05, 3.63) is 177 Å². The van der Waals surface area contributed by atoms with Crippen LogP contribution >= 0.6 is 0 Å². The fourth-order valence-electron chi connectivity index (χ4n) is 9.84. The molecule has 4 aromatic rings. The van der Waals surface area contributed by atoms with Crippen molar-refractivity contribution in [3.8, 4) is 0 Å². The molecule has 14 nitrogen and oxygen atoms in total. The lowest BCUT2D eigenvalue weighted by atomic mass is 9.83. The summed E-state index contributed by atoms with van der Waals surface area (Å²) in [7, 11) is 2.66. The summed E-state index contributed by atoms with van der Waals surface area (Å²) in [6, 6.07) is 30.1. The van der Waals surface area contributed by atoms with Gasteiger partial charge in [-0.15, -0.1) is 0 Å². The van der Waals surface area contributed by atoms with Crippen molar-refractivity contribution in [1.29, 1.82) is 0 Å². The fraction of sp³-hybridized carbons (Fsp3) is 0.296. The van der Waals surface area contributed by atoms with Gasteiger partial charge in [-0.2, -0.15) is 0 Å². The number of hydrogen-bond acceptors (Lipinski definition) is 14. The first-order valence-corrected chi connectivity index (χ1v) is 22.3. The van der Waals surface area contributed by atoms with Crippen molar-refractivity contribution in [2.24, 2.45) is 0 Å². The molecule has 0 aromatic heterocycles. The third kappa shape index (κ3) is 8.03. The Morgan fingerprint density at radius 3 is 1.15 bits per heavy atom. The van der Waals surface area contributed by atoms with Gasteiger partial charge in [0, 0.05) is 72.4 Å². The lowest BCUT2D eigenvalue weighted by Gasteiger charge is -2.46. The number of carbonyl (C=O) groups excluding carboxylic acids is 6. The van der Waals surface area contributed by atoms with Gasteiger partial charge in [-0.3, -0.25) is 0 Å². The molecule has 1 saturated carbocycles. The zero-order valence-electron chi connectivity index (χ0n) is 38.6. The van der Waals surface area contributed by atoms with Crippen LogP contribution in [0.4, 0.5) is 11.4 Å². The summed E-state index contributed by atoms with van der Waals surface area (Å²) in [4.78, 5) is 83.0. The van der Waals surface area contributed by atoms with Gasteiger partial charge in [0.2, 0.25) is 0 Å². The summed E-state index contributed by atoms with van der Waals surface area (Å²) in [5.41, 5.74) is 6.71. The molecular formula is C54H50N2O12. The van der Waals surface area contributed by atoms with Crippen molar-refractivity contribution in [3.63, 3.8) is 0 Å². The molecule has 0 unspecified atom stereocenters. The molecule has 1 aliphatic carbocycles. The minimum atomic E-state index is -1.65. The Bertz CT molecular complexity index is 2650. The summed E-state index contributed by atoms with van der Waals surface area (Å²) in [5, 5.41) is 0. The van der Waals surface area contributed by atoms with E-state index in [-0.39, 0.29) is 36.8 Å². The largest absolute Gasteiger partial charge is 0.465 e. The lowest BCUT2D eigenvalue weighted by Crippen LogP contribution is -2.56. The highest BCUT2D eigenvalue weighted by Gasteiger charge is 2.57. The van der Waals surface area contributed by atoms with Crippen molar-refractivity contribution in [2.75, 3.05) is 24.0 Å². The number of fused-ring (bicyclic) bond motifs is 2. The van der Waals surface area contributed by atoms with Gasteiger partial charge in [-0.1, -0.05) is 88.4 Å². The quantitative estimate of drug-likeness (QED) is 0.0717. The molecule has 3 fully saturated rings. The van der Waals surface area contributed by atoms with E-state index in [0.29, 0.717) is 24.2 Å². The Balaban J connectivity index is 0.889. The molecule has 0 N–H and O–H groups in total. The molecule has 4 aliphatic heterocycles. The molecule has 2 saturated heterocycles. The molecular weight excluding hydrogens is 869 g/mol. The second kappa shape index (κ2) is 17.2. The van der Waals surface area contributed by atoms with Crippen LogP contribution in [0.1, 0.15) is 96.3 Å². The summed E-state index contributed by atoms with van der Waals surface area (Å²) in [5.74, 6) is -7.64. The van der Waals surface area contributed by atoms with E-state index in [1.807, 2.05) is 72.8 Å². The molecule has 68 heavy (non-hydrogen) atoms. The molecule has 9 rings (SSSR count). The highest BCUT2D eigenvalue weighted by molar-refractivity contribution is 6.16. The Hall–Kier alpha value is -7.74. The average molecular weight is 919 g/mol. The Kier molecular flexibility index (Phi) is 11.5. The minimum absolute atomic E-state index is 0.0879. The van der Waals surface area contributed by atoms with Crippen molar-refractivity contribution in [1.82, 2.24) is 0 Å². The van der Waals surface area contributed by atoms with Crippen molar-refractivity contribution >= 4 is 47.2 Å². The van der Waals surface area contributed by atoms with Crippen LogP contribution in [0.3, 0.4) is 0 Å². The van der Waals surface area contributed by atoms with Crippen LogP contribution < -0.4 is 9.80 Å². The molecule has 14 heteroatoms. The highest BCUT2D eigenvalue weighted by atomic mass is 16.8. The van der Waals surface area contributed by atoms with E-state index in [2.05, 4.69) is 37.5 Å². The third-order valence-corrected chi connectivity index (χ3v) is 13.6. The topological polar surface area (TPSA) is 164 Å². The number of benzene rings is 4. The van der Waals surface area contributed by atoms with Gasteiger partial charge in [-0.05, 0) is 83.0 Å². The minimum Gasteiger partial charge on any atom is -0.465 e. The normalized spacial score (nSPS) is 23.4.